The fourth-order valence-corrected chi connectivity index (χ4v) is 3.09. The van der Waals surface area contributed by atoms with Crippen LogP contribution in [-0.4, -0.2) is 35.8 Å². The maximum absolute atomic E-state index is 12.3. The molecule has 1 aromatic rings. The van der Waals surface area contributed by atoms with Gasteiger partial charge in [0.05, 0.1) is 29.6 Å². The number of carbonyl (C=O) groups is 2. The lowest BCUT2D eigenvalue weighted by Crippen LogP contribution is -2.30. The summed E-state index contributed by atoms with van der Waals surface area (Å²) in [6, 6.07) is 3.97. The highest BCUT2D eigenvalue weighted by Gasteiger charge is 2.35. The second-order valence-electron chi connectivity index (χ2n) is 5.50. The van der Waals surface area contributed by atoms with Crippen LogP contribution in [0.25, 0.3) is 0 Å². The first-order valence-corrected chi connectivity index (χ1v) is 8.46. The van der Waals surface area contributed by atoms with E-state index in [1.165, 1.54) is 26.4 Å². The number of methoxy groups -OCH3 is 2. The summed E-state index contributed by atoms with van der Waals surface area (Å²) in [5, 5.41) is 11.4. The second-order valence-corrected chi connectivity index (χ2v) is 6.99. The minimum Gasteiger partial charge on any atom is -0.468 e. The van der Waals surface area contributed by atoms with E-state index in [1.807, 2.05) is 19.9 Å². The Balaban J connectivity index is 3.38. The Kier molecular flexibility index (Phi) is 7.57. The molecule has 0 saturated carbocycles. The number of hydrogen-bond donors (Lipinski definition) is 0. The van der Waals surface area contributed by atoms with Crippen LogP contribution in [0.3, 0.4) is 0 Å². The normalized spacial score (nSPS) is 14.0. The summed E-state index contributed by atoms with van der Waals surface area (Å²) in [6.07, 6.45) is 5.25. The zero-order chi connectivity index (χ0) is 19.9. The van der Waals surface area contributed by atoms with Crippen molar-refractivity contribution in [2.24, 2.45) is 0 Å². The summed E-state index contributed by atoms with van der Waals surface area (Å²) < 4.78 is 8.26. The van der Waals surface area contributed by atoms with Gasteiger partial charge >= 0.3 is 11.9 Å². The Labute approximate surface area is 156 Å². The molecule has 0 N–H and O–H groups in total. The Hall–Kier alpha value is -2.61. The van der Waals surface area contributed by atoms with E-state index < -0.39 is 21.6 Å². The molecule has 0 heterocycles. The standard InChI is InChI=1S/C18H21NO6S/c1-6-12(2)9-10-18(3,17(21)25-5)26-15-8-7-13(16(20)24-4)11-14(15)19(22)23/h6-11H,1-5H3/b10-9-,12-6-. The van der Waals surface area contributed by atoms with Crippen molar-refractivity contribution in [3.8, 4) is 0 Å². The van der Waals surface area contributed by atoms with E-state index in [-0.39, 0.29) is 16.1 Å². The number of rotatable bonds is 7. The summed E-state index contributed by atoms with van der Waals surface area (Å²) in [5.41, 5.74) is 0.698. The largest absolute Gasteiger partial charge is 0.468 e. The van der Waals surface area contributed by atoms with Gasteiger partial charge in [-0.2, -0.15) is 0 Å². The molecule has 1 atom stereocenters. The van der Waals surface area contributed by atoms with Gasteiger partial charge in [0.1, 0.15) is 4.75 Å². The summed E-state index contributed by atoms with van der Waals surface area (Å²) >= 11 is 0.977. The van der Waals surface area contributed by atoms with Crippen LogP contribution < -0.4 is 0 Å². The van der Waals surface area contributed by atoms with Gasteiger partial charge < -0.3 is 9.47 Å². The number of esters is 2. The highest BCUT2D eigenvalue weighted by molar-refractivity contribution is 8.01. The lowest BCUT2D eigenvalue weighted by molar-refractivity contribution is -0.387. The Bertz CT molecular complexity index is 771. The maximum atomic E-state index is 12.3. The number of nitrogens with zero attached hydrogens (tertiary/aromatic N) is 1. The molecule has 0 aromatic heterocycles. The maximum Gasteiger partial charge on any atom is 0.338 e. The highest BCUT2D eigenvalue weighted by atomic mass is 32.2. The second kappa shape index (κ2) is 9.19. The smallest absolute Gasteiger partial charge is 0.338 e. The van der Waals surface area contributed by atoms with Gasteiger partial charge in [-0.05, 0) is 32.9 Å². The molecular weight excluding hydrogens is 358 g/mol. The lowest BCUT2D eigenvalue weighted by atomic mass is 10.1. The fourth-order valence-electron chi connectivity index (χ4n) is 1.95. The SMILES string of the molecule is C/C=C(C)\C=C/C(C)(Sc1ccc(C(=O)OC)cc1[N+](=O)[O-])C(=O)OC. The summed E-state index contributed by atoms with van der Waals surface area (Å²) in [7, 11) is 2.45. The molecule has 8 heteroatoms. The zero-order valence-electron chi connectivity index (χ0n) is 15.3. The number of nitro benzene ring substituents is 1. The van der Waals surface area contributed by atoms with Crippen molar-refractivity contribution in [2.75, 3.05) is 14.2 Å². The van der Waals surface area contributed by atoms with E-state index >= 15 is 0 Å². The predicted molar refractivity (Wildman–Crippen MR) is 99.3 cm³/mol. The third-order valence-corrected chi connectivity index (χ3v) is 4.90. The van der Waals surface area contributed by atoms with Gasteiger partial charge in [0.15, 0.2) is 0 Å². The van der Waals surface area contributed by atoms with Gasteiger partial charge in [0.25, 0.3) is 5.69 Å². The van der Waals surface area contributed by atoms with Gasteiger partial charge in [0, 0.05) is 6.07 Å². The van der Waals surface area contributed by atoms with E-state index in [4.69, 9.17) is 4.74 Å². The summed E-state index contributed by atoms with van der Waals surface area (Å²) in [4.78, 5) is 34.9. The van der Waals surface area contributed by atoms with Crippen molar-refractivity contribution in [2.45, 2.75) is 30.4 Å². The van der Waals surface area contributed by atoms with Crippen LogP contribution in [0.4, 0.5) is 5.69 Å². The first kappa shape index (κ1) is 21.4. The van der Waals surface area contributed by atoms with Crippen LogP contribution in [0, 0.1) is 10.1 Å². The number of carbonyl (C=O) groups excluding carboxylic acids is 2. The molecule has 0 bridgehead atoms. The molecule has 140 valence electrons. The van der Waals surface area contributed by atoms with Gasteiger partial charge in [-0.25, -0.2) is 4.79 Å². The molecule has 0 saturated heterocycles. The summed E-state index contributed by atoms with van der Waals surface area (Å²) in [5.74, 6) is -1.22. The van der Waals surface area contributed by atoms with Crippen molar-refractivity contribution in [3.63, 3.8) is 0 Å². The average molecular weight is 379 g/mol. The first-order valence-electron chi connectivity index (χ1n) is 7.64. The third kappa shape index (κ3) is 5.19. The monoisotopic (exact) mass is 379 g/mol. The van der Waals surface area contributed by atoms with Gasteiger partial charge in [-0.1, -0.05) is 35.6 Å². The molecule has 26 heavy (non-hydrogen) atoms. The van der Waals surface area contributed by atoms with Crippen molar-refractivity contribution >= 4 is 29.4 Å². The number of benzene rings is 1. The number of nitro groups is 1. The van der Waals surface area contributed by atoms with Crippen LogP contribution in [0.5, 0.6) is 0 Å². The predicted octanol–water partition coefficient (Wildman–Crippen LogP) is 3.93. The molecule has 1 unspecified atom stereocenters. The minimum absolute atomic E-state index is 0.0589. The van der Waals surface area contributed by atoms with Crippen LogP contribution >= 0.6 is 11.8 Å². The van der Waals surface area contributed by atoms with E-state index in [0.29, 0.717) is 0 Å². The first-order chi connectivity index (χ1) is 12.2. The van der Waals surface area contributed by atoms with E-state index in [2.05, 4.69) is 4.74 Å². The van der Waals surface area contributed by atoms with E-state index in [1.54, 1.807) is 19.1 Å². The number of thioether (sulfide) groups is 1. The molecule has 0 spiro atoms. The molecule has 1 rings (SSSR count). The Morgan fingerprint density at radius 3 is 2.42 bits per heavy atom. The van der Waals surface area contributed by atoms with Crippen LogP contribution in [0.1, 0.15) is 31.1 Å². The third-order valence-electron chi connectivity index (χ3n) is 3.61. The minimum atomic E-state index is -1.18. The molecular formula is C18H21NO6S. The van der Waals surface area contributed by atoms with E-state index in [9.17, 15) is 19.7 Å². The zero-order valence-corrected chi connectivity index (χ0v) is 16.1. The van der Waals surface area contributed by atoms with Crippen molar-refractivity contribution in [1.82, 2.24) is 0 Å². The molecule has 7 nitrogen and oxygen atoms in total. The molecule has 0 aliphatic carbocycles. The molecule has 1 aromatic carbocycles. The Morgan fingerprint density at radius 1 is 1.27 bits per heavy atom. The van der Waals surface area contributed by atoms with Crippen molar-refractivity contribution in [1.29, 1.82) is 0 Å². The fraction of sp³-hybridized carbons (Fsp3) is 0.333. The van der Waals surface area contributed by atoms with Gasteiger partial charge in [-0.15, -0.1) is 0 Å². The van der Waals surface area contributed by atoms with Crippen LogP contribution in [-0.2, 0) is 14.3 Å². The van der Waals surface area contributed by atoms with Gasteiger partial charge in [-0.3, -0.25) is 14.9 Å². The van der Waals surface area contributed by atoms with Gasteiger partial charge in [0.2, 0.25) is 0 Å². The molecule has 0 fully saturated rings. The number of allylic oxidation sites excluding steroid dienone is 3. The van der Waals surface area contributed by atoms with E-state index in [0.717, 1.165) is 23.4 Å². The number of hydrogen-bond acceptors (Lipinski definition) is 7. The molecule has 0 amide bonds. The lowest BCUT2D eigenvalue weighted by Gasteiger charge is -2.22. The van der Waals surface area contributed by atoms with Crippen LogP contribution in [0.2, 0.25) is 0 Å². The average Bonchev–Trinajstić information content (AvgIpc) is 2.64. The van der Waals surface area contributed by atoms with Crippen molar-refractivity contribution < 1.29 is 24.0 Å². The Morgan fingerprint density at radius 2 is 1.92 bits per heavy atom. The quantitative estimate of drug-likeness (QED) is 0.233. The summed E-state index contributed by atoms with van der Waals surface area (Å²) in [6.45, 7) is 5.34. The van der Waals surface area contributed by atoms with Crippen molar-refractivity contribution in [3.05, 3.63) is 57.7 Å². The number of ether oxygens (including phenoxy) is 2. The highest BCUT2D eigenvalue weighted by Crippen LogP contribution is 2.40. The molecule has 0 aliphatic rings. The topological polar surface area (TPSA) is 95.7 Å². The molecule has 0 radical (unpaired) electrons. The molecule has 0 aliphatic heterocycles. The van der Waals surface area contributed by atoms with Crippen LogP contribution in [0.15, 0.2) is 46.9 Å².